The van der Waals surface area contributed by atoms with Gasteiger partial charge >= 0.3 is 0 Å². The van der Waals surface area contributed by atoms with E-state index in [2.05, 4.69) is 20.5 Å². The standard InChI is InChI=1S/C12H14N3.2FH/c1-14-10-4-3-5-12(14)15(2)11-6-8-13-9-7-11;;/h3-10H,1-2H3;2*1H/q+1;;/p-1. The van der Waals surface area contributed by atoms with Gasteiger partial charge in [0.1, 0.15) is 5.69 Å². The number of aryl methyl sites for hydroxylation is 1. The Morgan fingerprint density at radius 3 is 2.35 bits per heavy atom. The van der Waals surface area contributed by atoms with Crippen LogP contribution in [0, 0.1) is 0 Å². The van der Waals surface area contributed by atoms with E-state index in [1.807, 2.05) is 44.6 Å². The molecule has 0 fully saturated rings. The normalized spacial score (nSPS) is 8.82. The second-order valence-electron chi connectivity index (χ2n) is 3.43. The van der Waals surface area contributed by atoms with Crippen LogP contribution in [0.3, 0.4) is 0 Å². The molecule has 3 nitrogen and oxygen atoms in total. The molecule has 0 aliphatic rings. The third kappa shape index (κ3) is 3.21. The molecule has 2 heterocycles. The van der Waals surface area contributed by atoms with Gasteiger partial charge in [0.25, 0.3) is 5.82 Å². The number of hydrogen-bond acceptors (Lipinski definition) is 2. The molecule has 0 aromatic carbocycles. The molecular formula is C12H15F2N3. The van der Waals surface area contributed by atoms with Crippen molar-refractivity contribution in [2.75, 3.05) is 11.9 Å². The number of aromatic nitrogens is 2. The van der Waals surface area contributed by atoms with Crippen molar-refractivity contribution < 1.29 is 14.0 Å². The molecule has 17 heavy (non-hydrogen) atoms. The van der Waals surface area contributed by atoms with Gasteiger partial charge in [-0.05, 0) is 6.07 Å². The largest absolute Gasteiger partial charge is 1.00 e. The van der Waals surface area contributed by atoms with Crippen molar-refractivity contribution in [1.82, 2.24) is 4.98 Å². The van der Waals surface area contributed by atoms with Crippen molar-refractivity contribution in [3.05, 3.63) is 48.9 Å². The predicted octanol–water partition coefficient (Wildman–Crippen LogP) is -1.17. The first-order valence-electron chi connectivity index (χ1n) is 4.87. The Bertz CT molecular complexity index is 449. The molecule has 0 atom stereocenters. The summed E-state index contributed by atoms with van der Waals surface area (Å²) in [6, 6.07) is 10.1. The molecule has 2 aromatic rings. The molecule has 2 aromatic heterocycles. The van der Waals surface area contributed by atoms with Gasteiger partial charge in [-0.25, -0.2) is 9.47 Å². The summed E-state index contributed by atoms with van der Waals surface area (Å²) in [6.07, 6.45) is 5.64. The summed E-state index contributed by atoms with van der Waals surface area (Å²) in [5.74, 6) is 1.14. The maximum absolute atomic E-state index is 4.01. The molecule has 0 unspecified atom stereocenters. The first-order valence-corrected chi connectivity index (χ1v) is 4.87. The fourth-order valence-corrected chi connectivity index (χ4v) is 1.56. The third-order valence-corrected chi connectivity index (χ3v) is 2.42. The highest BCUT2D eigenvalue weighted by atomic mass is 19.0. The summed E-state index contributed by atoms with van der Waals surface area (Å²) >= 11 is 0. The summed E-state index contributed by atoms with van der Waals surface area (Å²) in [5, 5.41) is 0. The second-order valence-corrected chi connectivity index (χ2v) is 3.43. The minimum atomic E-state index is 0. The van der Waals surface area contributed by atoms with Gasteiger partial charge in [-0.1, -0.05) is 6.07 Å². The molecule has 0 radical (unpaired) electrons. The number of pyridine rings is 2. The Morgan fingerprint density at radius 2 is 1.76 bits per heavy atom. The first-order chi connectivity index (χ1) is 7.29. The zero-order chi connectivity index (χ0) is 10.7. The van der Waals surface area contributed by atoms with Gasteiger partial charge in [-0.15, -0.1) is 0 Å². The van der Waals surface area contributed by atoms with Gasteiger partial charge in [-0.3, -0.25) is 9.69 Å². The maximum Gasteiger partial charge on any atom is 0.281 e. The zero-order valence-corrected chi connectivity index (χ0v) is 9.75. The van der Waals surface area contributed by atoms with Crippen LogP contribution in [0.2, 0.25) is 0 Å². The highest BCUT2D eigenvalue weighted by Gasteiger charge is 2.13. The van der Waals surface area contributed by atoms with Crippen LogP contribution >= 0.6 is 0 Å². The average molecular weight is 239 g/mol. The van der Waals surface area contributed by atoms with E-state index in [-0.39, 0.29) is 9.41 Å². The fraction of sp³-hybridized carbons (Fsp3) is 0.167. The molecule has 2 rings (SSSR count). The molecule has 0 bridgehead atoms. The van der Waals surface area contributed by atoms with Crippen LogP contribution in [0.1, 0.15) is 0 Å². The van der Waals surface area contributed by atoms with E-state index in [4.69, 9.17) is 0 Å². The topological polar surface area (TPSA) is 20.0 Å². The summed E-state index contributed by atoms with van der Waals surface area (Å²) in [6.45, 7) is 0. The SMILES string of the molecule is CN(c1ccncc1)c1cccc[n+]1C.F.[F-]. The summed E-state index contributed by atoms with van der Waals surface area (Å²) in [5.41, 5.74) is 1.13. The molecule has 0 spiro atoms. The fourth-order valence-electron chi connectivity index (χ4n) is 1.56. The monoisotopic (exact) mass is 239 g/mol. The lowest BCUT2D eigenvalue weighted by atomic mass is 10.3. The number of anilines is 2. The minimum Gasteiger partial charge on any atom is -1.00 e. The van der Waals surface area contributed by atoms with Crippen molar-refractivity contribution in [3.63, 3.8) is 0 Å². The van der Waals surface area contributed by atoms with Crippen LogP contribution in [0.25, 0.3) is 0 Å². The molecule has 0 amide bonds. The van der Waals surface area contributed by atoms with Crippen LogP contribution in [-0.4, -0.2) is 12.0 Å². The first kappa shape index (κ1) is 15.0. The second kappa shape index (κ2) is 6.52. The Kier molecular flexibility index (Phi) is 5.74. The molecule has 0 saturated carbocycles. The van der Waals surface area contributed by atoms with Crippen LogP contribution < -0.4 is 14.2 Å². The average Bonchev–Trinajstić information content (AvgIpc) is 2.30. The Hall–Kier alpha value is -2.04. The number of rotatable bonds is 2. The lowest BCUT2D eigenvalue weighted by molar-refractivity contribution is -0.658. The number of nitrogens with zero attached hydrogens (tertiary/aromatic N) is 3. The lowest BCUT2D eigenvalue weighted by Crippen LogP contribution is -3.00. The number of hydrogen-bond donors (Lipinski definition) is 0. The molecule has 5 heteroatoms. The van der Waals surface area contributed by atoms with Crippen molar-refractivity contribution >= 4 is 11.5 Å². The van der Waals surface area contributed by atoms with E-state index >= 15 is 0 Å². The van der Waals surface area contributed by atoms with Crippen LogP contribution in [0.5, 0.6) is 0 Å². The van der Waals surface area contributed by atoms with Gasteiger partial charge in [-0.2, -0.15) is 0 Å². The molecule has 0 aliphatic carbocycles. The summed E-state index contributed by atoms with van der Waals surface area (Å²) in [4.78, 5) is 6.14. The van der Waals surface area contributed by atoms with Crippen LogP contribution in [0.4, 0.5) is 16.2 Å². The van der Waals surface area contributed by atoms with Gasteiger partial charge in [0.05, 0.1) is 20.3 Å². The summed E-state index contributed by atoms with van der Waals surface area (Å²) in [7, 11) is 4.08. The van der Waals surface area contributed by atoms with E-state index in [1.165, 1.54) is 0 Å². The smallest absolute Gasteiger partial charge is 0.281 e. The van der Waals surface area contributed by atoms with Crippen molar-refractivity contribution in [2.24, 2.45) is 7.05 Å². The quantitative estimate of drug-likeness (QED) is 0.616. The van der Waals surface area contributed by atoms with Gasteiger partial charge in [0.15, 0.2) is 0 Å². The lowest BCUT2D eigenvalue weighted by Gasteiger charge is -2.12. The van der Waals surface area contributed by atoms with Crippen molar-refractivity contribution in [2.45, 2.75) is 0 Å². The number of halogens is 2. The maximum atomic E-state index is 4.01. The van der Waals surface area contributed by atoms with Crippen LogP contribution in [0.15, 0.2) is 48.9 Å². The summed E-state index contributed by atoms with van der Waals surface area (Å²) < 4.78 is 2.08. The van der Waals surface area contributed by atoms with E-state index in [0.717, 1.165) is 11.5 Å². The third-order valence-electron chi connectivity index (χ3n) is 2.42. The van der Waals surface area contributed by atoms with Gasteiger partial charge in [0, 0.05) is 30.6 Å². The van der Waals surface area contributed by atoms with Crippen molar-refractivity contribution in [1.29, 1.82) is 0 Å². The van der Waals surface area contributed by atoms with Crippen LogP contribution in [-0.2, 0) is 7.05 Å². The molecule has 92 valence electrons. The van der Waals surface area contributed by atoms with Gasteiger partial charge in [0.2, 0.25) is 0 Å². The zero-order valence-electron chi connectivity index (χ0n) is 9.75. The van der Waals surface area contributed by atoms with E-state index < -0.39 is 0 Å². The van der Waals surface area contributed by atoms with Crippen molar-refractivity contribution in [3.8, 4) is 0 Å². The minimum absolute atomic E-state index is 0. The van der Waals surface area contributed by atoms with E-state index in [9.17, 15) is 0 Å². The Balaban J connectivity index is 0.00000128. The molecule has 0 N–H and O–H groups in total. The van der Waals surface area contributed by atoms with E-state index in [1.54, 1.807) is 12.4 Å². The highest BCUT2D eigenvalue weighted by Crippen LogP contribution is 2.18. The molecule has 0 saturated heterocycles. The predicted molar refractivity (Wildman–Crippen MR) is 62.4 cm³/mol. The van der Waals surface area contributed by atoms with Gasteiger partial charge < -0.3 is 4.70 Å². The highest BCUT2D eigenvalue weighted by molar-refractivity contribution is 5.55. The molecule has 0 aliphatic heterocycles. The Morgan fingerprint density at radius 1 is 1.12 bits per heavy atom. The Labute approximate surface area is 99.1 Å². The van der Waals surface area contributed by atoms with E-state index in [0.29, 0.717) is 0 Å². The molecular weight excluding hydrogens is 224 g/mol.